The second kappa shape index (κ2) is 6.24. The second-order valence-corrected chi connectivity index (χ2v) is 5.98. The van der Waals surface area contributed by atoms with Crippen molar-refractivity contribution in [2.45, 2.75) is 0 Å². The normalized spacial score (nSPS) is 16.1. The van der Waals surface area contributed by atoms with Crippen LogP contribution in [0.1, 0.15) is 5.56 Å². The molecule has 2 amide bonds. The molecule has 116 valence electrons. The topological polar surface area (TPSA) is 49.4 Å². The van der Waals surface area contributed by atoms with E-state index in [1.807, 2.05) is 0 Å². The molecule has 4 nitrogen and oxygen atoms in total. The largest absolute Gasteiger partial charge is 0.282 e. The number of halogens is 3. The number of nitrogens with one attached hydrogen (secondary N) is 1. The Morgan fingerprint density at radius 2 is 1.65 bits per heavy atom. The van der Waals surface area contributed by atoms with E-state index in [-0.39, 0.29) is 10.6 Å². The third kappa shape index (κ3) is 3.06. The van der Waals surface area contributed by atoms with Crippen molar-refractivity contribution in [2.75, 3.05) is 5.01 Å². The summed E-state index contributed by atoms with van der Waals surface area (Å²) in [5.74, 6) is -1.01. The molecule has 23 heavy (non-hydrogen) atoms. The Morgan fingerprint density at radius 1 is 0.913 bits per heavy atom. The molecule has 2 aromatic rings. The zero-order valence-electron chi connectivity index (χ0n) is 11.5. The van der Waals surface area contributed by atoms with Crippen molar-refractivity contribution < 1.29 is 9.59 Å². The minimum absolute atomic E-state index is 0.0100. The van der Waals surface area contributed by atoms with Crippen LogP contribution in [0.5, 0.6) is 0 Å². The first-order chi connectivity index (χ1) is 11.0. The lowest BCUT2D eigenvalue weighted by molar-refractivity contribution is -0.117. The molecule has 1 heterocycles. The van der Waals surface area contributed by atoms with Gasteiger partial charge >= 0.3 is 0 Å². The molecule has 0 bridgehead atoms. The molecule has 0 saturated carbocycles. The van der Waals surface area contributed by atoms with Crippen LogP contribution in [0, 0.1) is 0 Å². The highest BCUT2D eigenvalue weighted by Crippen LogP contribution is 2.29. The molecular formula is C16H9Cl3N2O2. The van der Waals surface area contributed by atoms with Gasteiger partial charge in [-0.1, -0.05) is 53.0 Å². The molecule has 1 fully saturated rings. The number of hydrogen-bond acceptors (Lipinski definition) is 2. The van der Waals surface area contributed by atoms with E-state index >= 15 is 0 Å². The summed E-state index contributed by atoms with van der Waals surface area (Å²) in [4.78, 5) is 24.6. The Bertz CT molecular complexity index is 849. The number of rotatable bonds is 2. The van der Waals surface area contributed by atoms with Crippen molar-refractivity contribution >= 4 is 58.4 Å². The van der Waals surface area contributed by atoms with Crippen LogP contribution in [0.15, 0.2) is 48.0 Å². The van der Waals surface area contributed by atoms with Crippen molar-refractivity contribution in [3.63, 3.8) is 0 Å². The summed E-state index contributed by atoms with van der Waals surface area (Å²) in [6.07, 6.45) is 1.46. The van der Waals surface area contributed by atoms with Gasteiger partial charge in [-0.05, 0) is 35.9 Å². The third-order valence-corrected chi connectivity index (χ3v) is 4.34. The van der Waals surface area contributed by atoms with Gasteiger partial charge in [0, 0.05) is 5.02 Å². The van der Waals surface area contributed by atoms with Crippen molar-refractivity contribution in [3.05, 3.63) is 68.7 Å². The lowest BCUT2D eigenvalue weighted by atomic mass is 10.1. The van der Waals surface area contributed by atoms with Crippen LogP contribution in [0.2, 0.25) is 15.1 Å². The van der Waals surface area contributed by atoms with Crippen LogP contribution in [0.3, 0.4) is 0 Å². The number of hydrogen-bond donors (Lipinski definition) is 1. The molecule has 0 spiro atoms. The average molecular weight is 368 g/mol. The van der Waals surface area contributed by atoms with Crippen LogP contribution >= 0.6 is 34.8 Å². The molecule has 0 aliphatic carbocycles. The predicted octanol–water partition coefficient (Wildman–Crippen LogP) is 4.11. The third-order valence-electron chi connectivity index (χ3n) is 3.26. The van der Waals surface area contributed by atoms with Gasteiger partial charge in [-0.15, -0.1) is 0 Å². The lowest BCUT2D eigenvalue weighted by Crippen LogP contribution is -2.35. The van der Waals surface area contributed by atoms with E-state index in [4.69, 9.17) is 34.8 Å². The van der Waals surface area contributed by atoms with Crippen molar-refractivity contribution in [1.82, 2.24) is 5.43 Å². The van der Waals surface area contributed by atoms with E-state index in [9.17, 15) is 9.59 Å². The van der Waals surface area contributed by atoms with Gasteiger partial charge < -0.3 is 0 Å². The molecule has 7 heteroatoms. The number of carbonyl (C=O) groups is 2. The Hall–Kier alpha value is -2.01. The van der Waals surface area contributed by atoms with E-state index in [1.165, 1.54) is 12.1 Å². The van der Waals surface area contributed by atoms with E-state index in [0.717, 1.165) is 5.01 Å². The Morgan fingerprint density at radius 3 is 2.35 bits per heavy atom. The zero-order chi connectivity index (χ0) is 16.6. The smallest absolute Gasteiger partial charge is 0.267 e. The summed E-state index contributed by atoms with van der Waals surface area (Å²) in [5, 5.41) is 2.22. The molecule has 1 aliphatic rings. The highest BCUT2D eigenvalue weighted by molar-refractivity contribution is 6.42. The highest BCUT2D eigenvalue weighted by atomic mass is 35.5. The number of anilines is 1. The van der Waals surface area contributed by atoms with Gasteiger partial charge in [0.05, 0.1) is 15.7 Å². The summed E-state index contributed by atoms with van der Waals surface area (Å²) >= 11 is 17.9. The van der Waals surface area contributed by atoms with Crippen molar-refractivity contribution in [3.8, 4) is 0 Å². The maximum atomic E-state index is 12.5. The van der Waals surface area contributed by atoms with Gasteiger partial charge in [-0.2, -0.15) is 0 Å². The van der Waals surface area contributed by atoms with Crippen LogP contribution in [0.4, 0.5) is 5.69 Å². The summed E-state index contributed by atoms with van der Waals surface area (Å²) < 4.78 is 0. The first kappa shape index (κ1) is 15.9. The maximum Gasteiger partial charge on any atom is 0.282 e. The van der Waals surface area contributed by atoms with Crippen LogP contribution in [0.25, 0.3) is 6.08 Å². The van der Waals surface area contributed by atoms with Crippen LogP contribution in [-0.4, -0.2) is 11.8 Å². The fourth-order valence-electron chi connectivity index (χ4n) is 2.11. The van der Waals surface area contributed by atoms with Crippen LogP contribution < -0.4 is 10.4 Å². The first-order valence-corrected chi connectivity index (χ1v) is 7.67. The summed E-state index contributed by atoms with van der Waals surface area (Å²) in [6.45, 7) is 0. The Balaban J connectivity index is 1.97. The Labute approximate surface area is 147 Å². The molecule has 0 radical (unpaired) electrons. The van der Waals surface area contributed by atoms with E-state index in [1.54, 1.807) is 36.4 Å². The fourth-order valence-corrected chi connectivity index (χ4v) is 2.59. The highest BCUT2D eigenvalue weighted by Gasteiger charge is 2.34. The van der Waals surface area contributed by atoms with Gasteiger partial charge in [0.1, 0.15) is 5.57 Å². The minimum atomic E-state index is -0.513. The summed E-state index contributed by atoms with van der Waals surface area (Å²) in [5.41, 5.74) is 3.48. The number of nitrogens with zero attached hydrogens (tertiary/aromatic N) is 1. The van der Waals surface area contributed by atoms with Crippen molar-refractivity contribution in [2.24, 2.45) is 0 Å². The van der Waals surface area contributed by atoms with Gasteiger partial charge in [0.2, 0.25) is 0 Å². The molecular weight excluding hydrogens is 359 g/mol. The predicted molar refractivity (Wildman–Crippen MR) is 91.5 cm³/mol. The van der Waals surface area contributed by atoms with Crippen LogP contribution in [-0.2, 0) is 9.59 Å². The van der Waals surface area contributed by atoms with Gasteiger partial charge in [-0.3, -0.25) is 15.0 Å². The van der Waals surface area contributed by atoms with Crippen molar-refractivity contribution in [1.29, 1.82) is 0 Å². The summed E-state index contributed by atoms with van der Waals surface area (Å²) in [6, 6.07) is 11.6. The second-order valence-electron chi connectivity index (χ2n) is 4.76. The molecule has 1 saturated heterocycles. The molecule has 2 aromatic carbocycles. The van der Waals surface area contributed by atoms with E-state index in [0.29, 0.717) is 21.3 Å². The Kier molecular flexibility index (Phi) is 4.31. The molecule has 0 unspecified atom stereocenters. The first-order valence-electron chi connectivity index (χ1n) is 6.54. The molecule has 1 aliphatic heterocycles. The number of amides is 2. The quantitative estimate of drug-likeness (QED) is 0.641. The minimum Gasteiger partial charge on any atom is -0.267 e. The van der Waals surface area contributed by atoms with E-state index < -0.39 is 11.8 Å². The standard InChI is InChI=1S/C16H9Cl3N2O2/c17-12-4-2-1-3-9(12)7-11-15(22)20-21(16(11)23)10-5-6-13(18)14(19)8-10/h1-8H,(H,20,22)/b11-7+. The molecule has 3 rings (SSSR count). The van der Waals surface area contributed by atoms with Gasteiger partial charge in [-0.25, -0.2) is 5.01 Å². The average Bonchev–Trinajstić information content (AvgIpc) is 2.80. The zero-order valence-corrected chi connectivity index (χ0v) is 13.8. The monoisotopic (exact) mass is 366 g/mol. The summed E-state index contributed by atoms with van der Waals surface area (Å²) in [7, 11) is 0. The number of benzene rings is 2. The van der Waals surface area contributed by atoms with Gasteiger partial charge in [0.25, 0.3) is 11.8 Å². The SMILES string of the molecule is O=C1NN(c2ccc(Cl)c(Cl)c2)C(=O)/C1=C/c1ccccc1Cl. The molecule has 1 N–H and O–H groups in total. The molecule has 0 atom stereocenters. The maximum absolute atomic E-state index is 12.5. The van der Waals surface area contributed by atoms with E-state index in [2.05, 4.69) is 5.43 Å². The fraction of sp³-hybridized carbons (Fsp3) is 0. The van der Waals surface area contributed by atoms with Gasteiger partial charge in [0.15, 0.2) is 0 Å². The number of carbonyl (C=O) groups excluding carboxylic acids is 2. The molecule has 0 aromatic heterocycles. The lowest BCUT2D eigenvalue weighted by Gasteiger charge is -2.15. The number of hydrazine groups is 1.